The van der Waals surface area contributed by atoms with E-state index in [0.717, 1.165) is 18.4 Å². The van der Waals surface area contributed by atoms with Crippen molar-refractivity contribution in [2.45, 2.75) is 44.6 Å². The Bertz CT molecular complexity index is 158. The molecule has 1 radical (unpaired) electrons. The average Bonchev–Trinajstić information content (AvgIpc) is 2.58. The van der Waals surface area contributed by atoms with Crippen molar-refractivity contribution in [2.24, 2.45) is 5.92 Å². The molecule has 2 atom stereocenters. The number of fused-ring (bicyclic) bond motifs is 1. The summed E-state index contributed by atoms with van der Waals surface area (Å²) in [6.07, 6.45) is 8.04. The maximum Gasteiger partial charge on any atom is 0.0284 e. The van der Waals surface area contributed by atoms with Gasteiger partial charge < -0.3 is 0 Å². The van der Waals surface area contributed by atoms with Crippen molar-refractivity contribution >= 4 is 0 Å². The molecule has 2 heteroatoms. The van der Waals surface area contributed by atoms with Crippen LogP contribution < -0.4 is 5.43 Å². The van der Waals surface area contributed by atoms with E-state index in [9.17, 15) is 0 Å². The van der Waals surface area contributed by atoms with E-state index in [1.54, 1.807) is 0 Å². The van der Waals surface area contributed by atoms with Crippen LogP contribution in [-0.4, -0.2) is 24.1 Å². The van der Waals surface area contributed by atoms with E-state index in [1.807, 2.05) is 0 Å². The van der Waals surface area contributed by atoms with Crippen molar-refractivity contribution in [1.29, 1.82) is 0 Å². The standard InChI is InChI=1S/C11H21N2/c1-2-3-8-13-11-7-5-4-6-10(11)9-12-13/h10-12H,1-9H2. The topological polar surface area (TPSA) is 15.3 Å². The van der Waals surface area contributed by atoms with Gasteiger partial charge in [-0.05, 0) is 25.2 Å². The molecule has 1 saturated heterocycles. The third-order valence-electron chi connectivity index (χ3n) is 3.47. The summed E-state index contributed by atoms with van der Waals surface area (Å²) in [5.74, 6) is 0.943. The number of hydrogen-bond donors (Lipinski definition) is 1. The zero-order valence-electron chi connectivity index (χ0n) is 8.47. The smallest absolute Gasteiger partial charge is 0.0284 e. The van der Waals surface area contributed by atoms with E-state index in [0.29, 0.717) is 0 Å². The summed E-state index contributed by atoms with van der Waals surface area (Å²) in [4.78, 5) is 0. The lowest BCUT2D eigenvalue weighted by Gasteiger charge is -2.30. The van der Waals surface area contributed by atoms with Crippen LogP contribution in [-0.2, 0) is 0 Å². The van der Waals surface area contributed by atoms with Gasteiger partial charge in [-0.2, -0.15) is 0 Å². The van der Waals surface area contributed by atoms with E-state index < -0.39 is 0 Å². The van der Waals surface area contributed by atoms with E-state index in [2.05, 4.69) is 17.4 Å². The Hall–Kier alpha value is -0.0800. The van der Waals surface area contributed by atoms with E-state index >= 15 is 0 Å². The fourth-order valence-electron chi connectivity index (χ4n) is 2.72. The molecule has 0 amide bonds. The lowest BCUT2D eigenvalue weighted by atomic mass is 9.85. The predicted octanol–water partition coefficient (Wildman–Crippen LogP) is 1.98. The SMILES string of the molecule is [CH2]CCCN1NCC2CCCCC21. The highest BCUT2D eigenvalue weighted by molar-refractivity contribution is 4.87. The van der Waals surface area contributed by atoms with Gasteiger partial charge in [0.05, 0.1) is 0 Å². The zero-order chi connectivity index (χ0) is 9.10. The van der Waals surface area contributed by atoms with Crippen LogP contribution in [0.3, 0.4) is 0 Å². The molecule has 0 aromatic carbocycles. The molecule has 13 heavy (non-hydrogen) atoms. The Morgan fingerprint density at radius 1 is 1.31 bits per heavy atom. The molecule has 1 saturated carbocycles. The molecule has 0 aromatic rings. The Kier molecular flexibility index (Phi) is 3.23. The number of hydrazine groups is 1. The van der Waals surface area contributed by atoms with Crippen molar-refractivity contribution in [3.63, 3.8) is 0 Å². The van der Waals surface area contributed by atoms with Crippen molar-refractivity contribution in [3.05, 3.63) is 6.92 Å². The molecule has 0 bridgehead atoms. The van der Waals surface area contributed by atoms with Crippen molar-refractivity contribution in [2.75, 3.05) is 13.1 Å². The first kappa shape index (κ1) is 9.47. The van der Waals surface area contributed by atoms with Gasteiger partial charge in [-0.3, -0.25) is 5.43 Å². The number of nitrogens with one attached hydrogen (secondary N) is 1. The Balaban J connectivity index is 1.84. The average molecular weight is 181 g/mol. The second-order valence-electron chi connectivity index (χ2n) is 4.37. The van der Waals surface area contributed by atoms with E-state index in [-0.39, 0.29) is 0 Å². The summed E-state index contributed by atoms with van der Waals surface area (Å²) in [6, 6.07) is 0.847. The largest absolute Gasteiger partial charge is 0.255 e. The minimum atomic E-state index is 0.847. The van der Waals surface area contributed by atoms with Gasteiger partial charge in [-0.25, -0.2) is 5.01 Å². The molecule has 0 spiro atoms. The van der Waals surface area contributed by atoms with Crippen LogP contribution in [0.1, 0.15) is 38.5 Å². The van der Waals surface area contributed by atoms with Gasteiger partial charge >= 0.3 is 0 Å². The Morgan fingerprint density at radius 2 is 2.15 bits per heavy atom. The molecule has 2 nitrogen and oxygen atoms in total. The molecular formula is C11H21N2. The maximum atomic E-state index is 3.90. The van der Waals surface area contributed by atoms with Crippen LogP contribution in [0.4, 0.5) is 0 Å². The molecule has 1 aliphatic carbocycles. The molecule has 2 rings (SSSR count). The number of hydrogen-bond acceptors (Lipinski definition) is 2. The third kappa shape index (κ3) is 2.05. The summed E-state index contributed by atoms with van der Waals surface area (Å²) in [5, 5.41) is 2.48. The van der Waals surface area contributed by atoms with Gasteiger partial charge in [0, 0.05) is 19.1 Å². The number of unbranched alkanes of at least 4 members (excludes halogenated alkanes) is 1. The normalized spacial score (nSPS) is 34.8. The first-order valence-electron chi connectivity index (χ1n) is 5.71. The minimum Gasteiger partial charge on any atom is -0.255 e. The summed E-state index contributed by atoms with van der Waals surface area (Å²) in [7, 11) is 0. The second kappa shape index (κ2) is 4.43. The molecule has 2 fully saturated rings. The second-order valence-corrected chi connectivity index (χ2v) is 4.37. The van der Waals surface area contributed by atoms with Crippen LogP contribution in [0.15, 0.2) is 0 Å². The van der Waals surface area contributed by atoms with Gasteiger partial charge in [0.2, 0.25) is 0 Å². The fourth-order valence-corrected chi connectivity index (χ4v) is 2.72. The Morgan fingerprint density at radius 3 is 3.00 bits per heavy atom. The van der Waals surface area contributed by atoms with Gasteiger partial charge in [0.1, 0.15) is 0 Å². The van der Waals surface area contributed by atoms with Crippen LogP contribution in [0.25, 0.3) is 0 Å². The summed E-state index contributed by atoms with van der Waals surface area (Å²) < 4.78 is 0. The molecule has 2 aliphatic rings. The van der Waals surface area contributed by atoms with Crippen LogP contribution >= 0.6 is 0 Å². The molecular weight excluding hydrogens is 160 g/mol. The zero-order valence-corrected chi connectivity index (χ0v) is 8.47. The quantitative estimate of drug-likeness (QED) is 0.716. The molecule has 1 heterocycles. The van der Waals surface area contributed by atoms with Crippen LogP contribution in [0.2, 0.25) is 0 Å². The van der Waals surface area contributed by atoms with Gasteiger partial charge in [0.15, 0.2) is 0 Å². The van der Waals surface area contributed by atoms with E-state index in [4.69, 9.17) is 0 Å². The van der Waals surface area contributed by atoms with Gasteiger partial charge in [-0.15, -0.1) is 0 Å². The molecule has 75 valence electrons. The van der Waals surface area contributed by atoms with Gasteiger partial charge in [0.25, 0.3) is 0 Å². The first-order valence-corrected chi connectivity index (χ1v) is 5.71. The monoisotopic (exact) mass is 181 g/mol. The highest BCUT2D eigenvalue weighted by Crippen LogP contribution is 2.30. The summed E-state index contributed by atoms with van der Waals surface area (Å²) >= 11 is 0. The predicted molar refractivity (Wildman–Crippen MR) is 55.0 cm³/mol. The number of nitrogens with zero attached hydrogens (tertiary/aromatic N) is 1. The molecule has 1 N–H and O–H groups in total. The molecule has 2 unspecified atom stereocenters. The van der Waals surface area contributed by atoms with Crippen molar-refractivity contribution in [1.82, 2.24) is 10.4 Å². The summed E-state index contributed by atoms with van der Waals surface area (Å²) in [6.45, 7) is 6.32. The molecule has 1 aliphatic heterocycles. The lowest BCUT2D eigenvalue weighted by Crippen LogP contribution is -2.39. The molecule has 0 aromatic heterocycles. The van der Waals surface area contributed by atoms with Crippen molar-refractivity contribution < 1.29 is 0 Å². The number of rotatable bonds is 3. The first-order chi connectivity index (χ1) is 6.42. The highest BCUT2D eigenvalue weighted by Gasteiger charge is 2.34. The van der Waals surface area contributed by atoms with Crippen LogP contribution in [0, 0.1) is 12.8 Å². The summed E-state index contributed by atoms with van der Waals surface area (Å²) in [5.41, 5.74) is 3.54. The van der Waals surface area contributed by atoms with Gasteiger partial charge in [-0.1, -0.05) is 26.2 Å². The third-order valence-corrected chi connectivity index (χ3v) is 3.47. The fraction of sp³-hybridized carbons (Fsp3) is 0.909. The van der Waals surface area contributed by atoms with Crippen molar-refractivity contribution in [3.8, 4) is 0 Å². The Labute approximate surface area is 81.7 Å². The maximum absolute atomic E-state index is 3.90. The lowest BCUT2D eigenvalue weighted by molar-refractivity contribution is 0.143. The highest BCUT2D eigenvalue weighted by atomic mass is 15.5. The minimum absolute atomic E-state index is 0.847. The van der Waals surface area contributed by atoms with E-state index in [1.165, 1.54) is 45.2 Å². The van der Waals surface area contributed by atoms with Crippen LogP contribution in [0.5, 0.6) is 0 Å².